The van der Waals surface area contributed by atoms with Crippen LogP contribution in [0.3, 0.4) is 0 Å². The highest BCUT2D eigenvalue weighted by Crippen LogP contribution is 2.23. The second kappa shape index (κ2) is 6.76. The van der Waals surface area contributed by atoms with Crippen LogP contribution in [0.1, 0.15) is 19.4 Å². The third-order valence-corrected chi connectivity index (χ3v) is 4.12. The van der Waals surface area contributed by atoms with Crippen molar-refractivity contribution in [1.29, 1.82) is 0 Å². The van der Waals surface area contributed by atoms with Crippen LogP contribution in [0.2, 0.25) is 0 Å². The van der Waals surface area contributed by atoms with Gasteiger partial charge < -0.3 is 4.90 Å². The largest absolute Gasteiger partial charge is 0.348 e. The van der Waals surface area contributed by atoms with Crippen molar-refractivity contribution in [3.63, 3.8) is 0 Å². The number of benzene rings is 1. The highest BCUT2D eigenvalue weighted by atomic mass is 32.2. The Morgan fingerprint density at radius 3 is 2.57 bits per heavy atom. The summed E-state index contributed by atoms with van der Waals surface area (Å²) in [5, 5.41) is 7.49. The van der Waals surface area contributed by atoms with E-state index < -0.39 is 0 Å². The molecule has 0 aliphatic heterocycles. The smallest absolute Gasteiger partial charge is 0.235 e. The minimum atomic E-state index is -0.203. The Hall–Kier alpha value is -1.82. The average molecular weight is 304 g/mol. The molecule has 0 bridgehead atoms. The molecule has 0 unspecified atom stereocenters. The zero-order chi connectivity index (χ0) is 15.4. The highest BCUT2D eigenvalue weighted by molar-refractivity contribution is 8.00. The maximum atomic E-state index is 11.8. The Morgan fingerprint density at radius 1 is 1.33 bits per heavy atom. The molecule has 112 valence electrons. The molecule has 1 aromatic heterocycles. The molecule has 0 fully saturated rings. The molecule has 1 atom stereocenters. The maximum absolute atomic E-state index is 11.8. The van der Waals surface area contributed by atoms with Crippen molar-refractivity contribution in [1.82, 2.24) is 20.1 Å². The quantitative estimate of drug-likeness (QED) is 0.863. The number of hydrogen-bond acceptors (Lipinski definition) is 4. The summed E-state index contributed by atoms with van der Waals surface area (Å²) in [5.74, 6) is 0.781. The average Bonchev–Trinajstić information content (AvgIpc) is 2.94. The van der Waals surface area contributed by atoms with E-state index in [4.69, 9.17) is 0 Å². The van der Waals surface area contributed by atoms with Crippen molar-refractivity contribution in [3.05, 3.63) is 29.8 Å². The number of carbonyl (C=O) groups excluding carboxylic acids is 1. The first-order valence-electron chi connectivity index (χ1n) is 6.90. The molecule has 0 saturated carbocycles. The van der Waals surface area contributed by atoms with E-state index in [0.717, 1.165) is 17.8 Å². The van der Waals surface area contributed by atoms with Crippen LogP contribution >= 0.6 is 11.8 Å². The van der Waals surface area contributed by atoms with E-state index in [0.29, 0.717) is 5.16 Å². The topological polar surface area (TPSA) is 61.9 Å². The van der Waals surface area contributed by atoms with Gasteiger partial charge in [0.25, 0.3) is 0 Å². The van der Waals surface area contributed by atoms with Gasteiger partial charge in [-0.1, -0.05) is 43.0 Å². The lowest BCUT2D eigenvalue weighted by Crippen LogP contribution is -2.29. The molecular weight excluding hydrogens is 284 g/mol. The molecule has 0 spiro atoms. The van der Waals surface area contributed by atoms with Gasteiger partial charge in [0.05, 0.1) is 5.25 Å². The van der Waals surface area contributed by atoms with Crippen molar-refractivity contribution in [2.75, 3.05) is 14.1 Å². The summed E-state index contributed by atoms with van der Waals surface area (Å²) in [6.45, 7) is 3.99. The fourth-order valence-electron chi connectivity index (χ4n) is 1.90. The van der Waals surface area contributed by atoms with E-state index in [1.807, 2.05) is 19.1 Å². The standard InChI is InChI=1S/C15H20N4OS/c1-5-11-6-8-12(9-7-11)13-16-15(18-17-13)21-10(2)14(20)19(3)4/h6-10H,5H2,1-4H3,(H,16,17,18)/t10-/m1/s1. The molecule has 6 heteroatoms. The summed E-state index contributed by atoms with van der Waals surface area (Å²) >= 11 is 1.36. The summed E-state index contributed by atoms with van der Waals surface area (Å²) in [6, 6.07) is 8.23. The van der Waals surface area contributed by atoms with Gasteiger partial charge in [-0.3, -0.25) is 9.89 Å². The fourth-order valence-corrected chi connectivity index (χ4v) is 2.77. The molecule has 5 nitrogen and oxygen atoms in total. The van der Waals surface area contributed by atoms with Gasteiger partial charge in [0.2, 0.25) is 11.1 Å². The molecule has 0 aliphatic rings. The predicted molar refractivity (Wildman–Crippen MR) is 85.2 cm³/mol. The van der Waals surface area contributed by atoms with Crippen molar-refractivity contribution in [3.8, 4) is 11.4 Å². The number of H-pyrrole nitrogens is 1. The minimum absolute atomic E-state index is 0.0543. The number of aryl methyl sites for hydroxylation is 1. The number of thioether (sulfide) groups is 1. The zero-order valence-electron chi connectivity index (χ0n) is 12.8. The van der Waals surface area contributed by atoms with E-state index in [1.165, 1.54) is 17.3 Å². The van der Waals surface area contributed by atoms with Gasteiger partial charge in [0.1, 0.15) is 0 Å². The first-order chi connectivity index (χ1) is 10.0. The predicted octanol–water partition coefficient (Wildman–Crippen LogP) is 2.60. The summed E-state index contributed by atoms with van der Waals surface area (Å²) in [6.07, 6.45) is 1.02. The maximum Gasteiger partial charge on any atom is 0.235 e. The van der Waals surface area contributed by atoms with Gasteiger partial charge in [0, 0.05) is 19.7 Å². The van der Waals surface area contributed by atoms with Gasteiger partial charge in [-0.05, 0) is 18.9 Å². The third kappa shape index (κ3) is 3.85. The second-order valence-electron chi connectivity index (χ2n) is 5.01. The normalized spacial score (nSPS) is 12.2. The molecule has 21 heavy (non-hydrogen) atoms. The van der Waals surface area contributed by atoms with Crippen molar-refractivity contribution in [2.45, 2.75) is 30.7 Å². The van der Waals surface area contributed by atoms with Crippen LogP contribution in [0, 0.1) is 0 Å². The molecule has 0 radical (unpaired) electrons. The highest BCUT2D eigenvalue weighted by Gasteiger charge is 2.18. The molecule has 1 N–H and O–H groups in total. The second-order valence-corrected chi connectivity index (χ2v) is 6.32. The lowest BCUT2D eigenvalue weighted by molar-refractivity contribution is -0.127. The van der Waals surface area contributed by atoms with Crippen LogP contribution in [0.25, 0.3) is 11.4 Å². The number of aromatic nitrogens is 3. The van der Waals surface area contributed by atoms with E-state index in [2.05, 4.69) is 34.2 Å². The van der Waals surface area contributed by atoms with Crippen LogP contribution in [0.5, 0.6) is 0 Å². The molecule has 1 heterocycles. The van der Waals surface area contributed by atoms with Gasteiger partial charge in [-0.2, -0.15) is 0 Å². The third-order valence-electron chi connectivity index (χ3n) is 3.17. The summed E-state index contributed by atoms with van der Waals surface area (Å²) in [4.78, 5) is 17.9. The Bertz CT molecular complexity index is 606. The molecular formula is C15H20N4OS. The Balaban J connectivity index is 2.08. The van der Waals surface area contributed by atoms with Crippen molar-refractivity contribution < 1.29 is 4.79 Å². The molecule has 0 aliphatic carbocycles. The summed E-state index contributed by atoms with van der Waals surface area (Å²) in [5.41, 5.74) is 2.29. The number of nitrogens with zero attached hydrogens (tertiary/aromatic N) is 3. The number of carbonyl (C=O) groups is 1. The molecule has 2 aromatic rings. The van der Waals surface area contributed by atoms with Crippen LogP contribution < -0.4 is 0 Å². The summed E-state index contributed by atoms with van der Waals surface area (Å²) < 4.78 is 0. The fraction of sp³-hybridized carbons (Fsp3) is 0.400. The number of hydrogen-bond donors (Lipinski definition) is 1. The first-order valence-corrected chi connectivity index (χ1v) is 7.78. The van der Waals surface area contributed by atoms with Gasteiger partial charge in [0.15, 0.2) is 5.82 Å². The van der Waals surface area contributed by atoms with Crippen molar-refractivity contribution >= 4 is 17.7 Å². The SMILES string of the molecule is CCc1ccc(-c2nc(S[C@H](C)C(=O)N(C)C)n[nH]2)cc1. The van der Waals surface area contributed by atoms with Crippen LogP contribution in [0.4, 0.5) is 0 Å². The van der Waals surface area contributed by atoms with Crippen LogP contribution in [-0.2, 0) is 11.2 Å². The van der Waals surface area contributed by atoms with E-state index >= 15 is 0 Å². The Kier molecular flexibility index (Phi) is 5.01. The van der Waals surface area contributed by atoms with Crippen LogP contribution in [-0.4, -0.2) is 45.3 Å². The lowest BCUT2D eigenvalue weighted by Gasteiger charge is -2.14. The van der Waals surface area contributed by atoms with Crippen LogP contribution in [0.15, 0.2) is 29.4 Å². The monoisotopic (exact) mass is 304 g/mol. The zero-order valence-corrected chi connectivity index (χ0v) is 13.6. The van der Waals surface area contributed by atoms with Gasteiger partial charge >= 0.3 is 0 Å². The van der Waals surface area contributed by atoms with Gasteiger partial charge in [-0.25, -0.2) is 4.98 Å². The number of aromatic amines is 1. The molecule has 2 rings (SSSR count). The Labute approximate surface area is 129 Å². The van der Waals surface area contributed by atoms with E-state index in [9.17, 15) is 4.79 Å². The van der Waals surface area contributed by atoms with E-state index in [1.54, 1.807) is 19.0 Å². The van der Waals surface area contributed by atoms with E-state index in [-0.39, 0.29) is 11.2 Å². The Morgan fingerprint density at radius 2 is 2.00 bits per heavy atom. The number of rotatable bonds is 5. The molecule has 1 amide bonds. The first kappa shape index (κ1) is 15.6. The van der Waals surface area contributed by atoms with Crippen molar-refractivity contribution in [2.24, 2.45) is 0 Å². The van der Waals surface area contributed by atoms with Gasteiger partial charge in [-0.15, -0.1) is 5.10 Å². The summed E-state index contributed by atoms with van der Waals surface area (Å²) in [7, 11) is 3.50. The molecule has 0 saturated heterocycles. The lowest BCUT2D eigenvalue weighted by atomic mass is 10.1. The molecule has 1 aromatic carbocycles. The number of amides is 1. The minimum Gasteiger partial charge on any atom is -0.348 e. The number of nitrogens with one attached hydrogen (secondary N) is 1.